The average molecular weight is 288 g/mol. The number of hydrogen-bond acceptors (Lipinski definition) is 3. The van der Waals surface area contributed by atoms with E-state index in [-0.39, 0.29) is 18.3 Å². The second-order valence-corrected chi connectivity index (χ2v) is 4.59. The van der Waals surface area contributed by atoms with Gasteiger partial charge < -0.3 is 10.1 Å². The Morgan fingerprint density at radius 2 is 2.05 bits per heavy atom. The zero-order chi connectivity index (χ0) is 14.6. The van der Waals surface area contributed by atoms with Gasteiger partial charge in [0.1, 0.15) is 6.61 Å². The highest BCUT2D eigenvalue weighted by atomic mass is 19.4. The van der Waals surface area contributed by atoms with Crippen LogP contribution in [0.2, 0.25) is 0 Å². The number of halogens is 3. The Bertz CT molecular complexity index is 454. The van der Waals surface area contributed by atoms with E-state index in [0.717, 1.165) is 31.5 Å². The molecule has 0 spiro atoms. The van der Waals surface area contributed by atoms with Crippen molar-refractivity contribution in [3.8, 4) is 0 Å². The van der Waals surface area contributed by atoms with Crippen molar-refractivity contribution < 1.29 is 22.7 Å². The predicted molar refractivity (Wildman–Crippen MR) is 67.4 cm³/mol. The lowest BCUT2D eigenvalue weighted by atomic mass is 10.2. The molecule has 1 unspecified atom stereocenters. The summed E-state index contributed by atoms with van der Waals surface area (Å²) in [6.45, 7) is 1.17. The van der Waals surface area contributed by atoms with Crippen LogP contribution in [0.25, 0.3) is 0 Å². The highest BCUT2D eigenvalue weighted by Crippen LogP contribution is 2.29. The molecule has 20 heavy (non-hydrogen) atoms. The fourth-order valence-electron chi connectivity index (χ4n) is 1.97. The molecule has 4 nitrogen and oxygen atoms in total. The highest BCUT2D eigenvalue weighted by molar-refractivity contribution is 5.84. The summed E-state index contributed by atoms with van der Waals surface area (Å²) >= 11 is 0. The van der Waals surface area contributed by atoms with Crippen molar-refractivity contribution in [3.63, 3.8) is 0 Å². The molecule has 0 saturated carbocycles. The SMILES string of the molecule is O=C(Nc1ccc(C(F)(F)F)cc1)OCC1CCCN1. The standard InChI is InChI=1S/C13H15F3N2O2/c14-13(15,16)9-3-5-10(6-4-9)18-12(19)20-8-11-2-1-7-17-11/h3-6,11,17H,1-2,7-8H2,(H,18,19). The molecule has 1 amide bonds. The minimum Gasteiger partial charge on any atom is -0.448 e. The summed E-state index contributed by atoms with van der Waals surface area (Å²) in [4.78, 5) is 11.5. The van der Waals surface area contributed by atoms with Gasteiger partial charge in [-0.05, 0) is 43.7 Å². The van der Waals surface area contributed by atoms with Gasteiger partial charge in [-0.1, -0.05) is 0 Å². The zero-order valence-electron chi connectivity index (χ0n) is 10.7. The smallest absolute Gasteiger partial charge is 0.416 e. The molecule has 0 aliphatic carbocycles. The van der Waals surface area contributed by atoms with Gasteiger partial charge in [0.25, 0.3) is 0 Å². The number of anilines is 1. The van der Waals surface area contributed by atoms with Crippen molar-refractivity contribution >= 4 is 11.8 Å². The number of nitrogens with one attached hydrogen (secondary N) is 2. The number of carbonyl (C=O) groups is 1. The lowest BCUT2D eigenvalue weighted by Gasteiger charge is -2.12. The Morgan fingerprint density at radius 3 is 2.60 bits per heavy atom. The van der Waals surface area contributed by atoms with Gasteiger partial charge in [0.05, 0.1) is 5.56 Å². The molecular formula is C13H15F3N2O2. The van der Waals surface area contributed by atoms with Crippen LogP contribution < -0.4 is 10.6 Å². The van der Waals surface area contributed by atoms with Crippen LogP contribution in [0.5, 0.6) is 0 Å². The molecule has 110 valence electrons. The van der Waals surface area contributed by atoms with Crippen LogP contribution in [0.1, 0.15) is 18.4 Å². The van der Waals surface area contributed by atoms with E-state index in [2.05, 4.69) is 10.6 Å². The second kappa shape index (κ2) is 6.13. The van der Waals surface area contributed by atoms with E-state index in [0.29, 0.717) is 0 Å². The molecule has 1 saturated heterocycles. The van der Waals surface area contributed by atoms with E-state index in [1.165, 1.54) is 12.1 Å². The lowest BCUT2D eigenvalue weighted by Crippen LogP contribution is -2.29. The first-order valence-electron chi connectivity index (χ1n) is 6.29. The summed E-state index contributed by atoms with van der Waals surface area (Å²) in [6, 6.07) is 4.37. The van der Waals surface area contributed by atoms with Crippen LogP contribution in [-0.4, -0.2) is 25.3 Å². The van der Waals surface area contributed by atoms with E-state index in [4.69, 9.17) is 4.74 Å². The molecule has 1 aromatic carbocycles. The van der Waals surface area contributed by atoms with Crippen molar-refractivity contribution in [3.05, 3.63) is 29.8 Å². The summed E-state index contributed by atoms with van der Waals surface area (Å²) in [6.07, 6.45) is -3.05. The van der Waals surface area contributed by atoms with Gasteiger partial charge >= 0.3 is 12.3 Å². The molecule has 2 N–H and O–H groups in total. The third-order valence-electron chi connectivity index (χ3n) is 3.04. The van der Waals surface area contributed by atoms with E-state index in [1.807, 2.05) is 0 Å². The second-order valence-electron chi connectivity index (χ2n) is 4.59. The van der Waals surface area contributed by atoms with Crippen LogP contribution in [0.3, 0.4) is 0 Å². The zero-order valence-corrected chi connectivity index (χ0v) is 10.7. The first-order valence-corrected chi connectivity index (χ1v) is 6.29. The largest absolute Gasteiger partial charge is 0.448 e. The predicted octanol–water partition coefficient (Wildman–Crippen LogP) is 3.01. The maximum absolute atomic E-state index is 12.4. The minimum atomic E-state index is -4.38. The monoisotopic (exact) mass is 288 g/mol. The maximum Gasteiger partial charge on any atom is 0.416 e. The molecule has 1 heterocycles. The number of amides is 1. The van der Waals surface area contributed by atoms with Gasteiger partial charge in [-0.2, -0.15) is 13.2 Å². The molecular weight excluding hydrogens is 273 g/mol. The molecule has 0 radical (unpaired) electrons. The molecule has 7 heteroatoms. The molecule has 1 fully saturated rings. The number of ether oxygens (including phenoxy) is 1. The summed E-state index contributed by atoms with van der Waals surface area (Å²) in [5.74, 6) is 0. The highest BCUT2D eigenvalue weighted by Gasteiger charge is 2.30. The number of rotatable bonds is 3. The van der Waals surface area contributed by atoms with Crippen LogP contribution in [0, 0.1) is 0 Å². The van der Waals surface area contributed by atoms with Crippen molar-refractivity contribution in [1.29, 1.82) is 0 Å². The quantitative estimate of drug-likeness (QED) is 0.899. The normalized spacial score (nSPS) is 18.9. The topological polar surface area (TPSA) is 50.4 Å². The molecule has 0 bridgehead atoms. The van der Waals surface area contributed by atoms with Crippen molar-refractivity contribution in [2.45, 2.75) is 25.1 Å². The van der Waals surface area contributed by atoms with Gasteiger partial charge in [0.2, 0.25) is 0 Å². The maximum atomic E-state index is 12.4. The molecule has 1 atom stereocenters. The molecule has 1 aliphatic heterocycles. The van der Waals surface area contributed by atoms with Gasteiger partial charge in [0, 0.05) is 11.7 Å². The molecule has 1 aliphatic rings. The third kappa shape index (κ3) is 4.12. The van der Waals surface area contributed by atoms with Crippen LogP contribution in [0.4, 0.5) is 23.7 Å². The Balaban J connectivity index is 1.81. The van der Waals surface area contributed by atoms with Gasteiger partial charge in [-0.25, -0.2) is 4.79 Å². The van der Waals surface area contributed by atoms with Gasteiger partial charge in [-0.15, -0.1) is 0 Å². The number of alkyl halides is 3. The van der Waals surface area contributed by atoms with Gasteiger partial charge in [0.15, 0.2) is 0 Å². The van der Waals surface area contributed by atoms with Crippen molar-refractivity contribution in [1.82, 2.24) is 5.32 Å². The number of benzene rings is 1. The minimum absolute atomic E-state index is 0.161. The Morgan fingerprint density at radius 1 is 1.35 bits per heavy atom. The summed E-state index contributed by atoms with van der Waals surface area (Å²) in [7, 11) is 0. The molecule has 1 aromatic rings. The Labute approximate surface area is 114 Å². The summed E-state index contributed by atoms with van der Waals surface area (Å²) in [5, 5.41) is 5.56. The van der Waals surface area contributed by atoms with E-state index in [9.17, 15) is 18.0 Å². The van der Waals surface area contributed by atoms with Crippen LogP contribution in [-0.2, 0) is 10.9 Å². The summed E-state index contributed by atoms with van der Waals surface area (Å²) < 4.78 is 42.1. The van der Waals surface area contributed by atoms with Crippen LogP contribution in [0.15, 0.2) is 24.3 Å². The van der Waals surface area contributed by atoms with E-state index < -0.39 is 17.8 Å². The number of carbonyl (C=O) groups excluding carboxylic acids is 1. The van der Waals surface area contributed by atoms with E-state index in [1.54, 1.807) is 0 Å². The van der Waals surface area contributed by atoms with Crippen molar-refractivity contribution in [2.24, 2.45) is 0 Å². The van der Waals surface area contributed by atoms with Crippen LogP contribution >= 0.6 is 0 Å². The summed E-state index contributed by atoms with van der Waals surface area (Å²) in [5.41, 5.74) is -0.492. The van der Waals surface area contributed by atoms with E-state index >= 15 is 0 Å². The first-order chi connectivity index (χ1) is 9.45. The lowest BCUT2D eigenvalue weighted by molar-refractivity contribution is -0.137. The molecule has 0 aromatic heterocycles. The fourth-order valence-corrected chi connectivity index (χ4v) is 1.97. The third-order valence-corrected chi connectivity index (χ3v) is 3.04. The van der Waals surface area contributed by atoms with Crippen molar-refractivity contribution in [2.75, 3.05) is 18.5 Å². The average Bonchev–Trinajstić information content (AvgIpc) is 2.89. The number of hydrogen-bond donors (Lipinski definition) is 2. The Hall–Kier alpha value is -1.76. The Kier molecular flexibility index (Phi) is 4.49. The van der Waals surface area contributed by atoms with Gasteiger partial charge in [-0.3, -0.25) is 5.32 Å². The molecule has 2 rings (SSSR count). The first kappa shape index (κ1) is 14.6. The fraction of sp³-hybridized carbons (Fsp3) is 0.462.